The van der Waals surface area contributed by atoms with Crippen LogP contribution in [0.15, 0.2) is 23.1 Å². The van der Waals surface area contributed by atoms with Crippen LogP contribution < -0.4 is 10.9 Å². The third kappa shape index (κ3) is 2.70. The van der Waals surface area contributed by atoms with Gasteiger partial charge in [-0.3, -0.25) is 9.59 Å². The summed E-state index contributed by atoms with van der Waals surface area (Å²) in [5.74, 6) is -0.442. The van der Waals surface area contributed by atoms with Gasteiger partial charge in [0.05, 0.1) is 12.6 Å². The zero-order valence-corrected chi connectivity index (χ0v) is 9.43. The number of carbonyl (C=O) groups excluding carboxylic acids is 1. The van der Waals surface area contributed by atoms with Crippen molar-refractivity contribution in [1.29, 1.82) is 0 Å². The van der Waals surface area contributed by atoms with E-state index >= 15 is 0 Å². The topological polar surface area (TPSA) is 71.3 Å². The molecule has 1 unspecified atom stereocenters. The second-order valence-corrected chi connectivity index (χ2v) is 3.60. The molecule has 0 saturated carbocycles. The van der Waals surface area contributed by atoms with E-state index in [1.807, 2.05) is 6.92 Å². The van der Waals surface area contributed by atoms with E-state index in [1.54, 1.807) is 19.3 Å². The van der Waals surface area contributed by atoms with Crippen LogP contribution in [-0.4, -0.2) is 28.2 Å². The van der Waals surface area contributed by atoms with Crippen molar-refractivity contribution in [2.75, 3.05) is 6.61 Å². The summed E-state index contributed by atoms with van der Waals surface area (Å²) >= 11 is 0. The number of aliphatic hydroxyl groups excluding tert-OH is 1. The highest BCUT2D eigenvalue weighted by Crippen LogP contribution is 1.95. The molecule has 1 atom stereocenters. The number of amides is 1. The number of rotatable bonds is 4. The second-order valence-electron chi connectivity index (χ2n) is 3.60. The lowest BCUT2D eigenvalue weighted by molar-refractivity contribution is 0.0913. The fraction of sp³-hybridized carbons (Fsp3) is 0.455. The van der Waals surface area contributed by atoms with Crippen LogP contribution in [0.5, 0.6) is 0 Å². The molecule has 0 radical (unpaired) electrons. The summed E-state index contributed by atoms with van der Waals surface area (Å²) in [6.07, 6.45) is 2.21. The molecule has 0 aliphatic heterocycles. The highest BCUT2D eigenvalue weighted by molar-refractivity contribution is 5.93. The Morgan fingerprint density at radius 2 is 2.31 bits per heavy atom. The lowest BCUT2D eigenvalue weighted by atomic mass is 10.2. The van der Waals surface area contributed by atoms with Gasteiger partial charge in [-0.2, -0.15) is 0 Å². The number of carbonyl (C=O) groups is 1. The van der Waals surface area contributed by atoms with Crippen LogP contribution in [-0.2, 0) is 7.05 Å². The molecule has 1 aromatic heterocycles. The Labute approximate surface area is 93.7 Å². The predicted octanol–water partition coefficient (Wildman–Crippen LogP) is -0.114. The Kier molecular flexibility index (Phi) is 4.25. The van der Waals surface area contributed by atoms with Gasteiger partial charge < -0.3 is 15.0 Å². The molecule has 16 heavy (non-hydrogen) atoms. The minimum Gasteiger partial charge on any atom is -0.394 e. The first-order valence-electron chi connectivity index (χ1n) is 5.17. The first-order chi connectivity index (χ1) is 7.60. The standard InChI is InChI=1S/C11H16N2O3/c1-3-8(7-14)12-10(15)9-5-4-6-13(2)11(9)16/h4-6,8,14H,3,7H2,1-2H3,(H,12,15). The van der Waals surface area contributed by atoms with Gasteiger partial charge in [0.2, 0.25) is 0 Å². The van der Waals surface area contributed by atoms with Crippen LogP contribution in [0.25, 0.3) is 0 Å². The van der Waals surface area contributed by atoms with Crippen LogP contribution in [0.2, 0.25) is 0 Å². The van der Waals surface area contributed by atoms with Crippen molar-refractivity contribution < 1.29 is 9.90 Å². The molecule has 1 heterocycles. The second kappa shape index (κ2) is 5.46. The van der Waals surface area contributed by atoms with Crippen molar-refractivity contribution in [3.63, 3.8) is 0 Å². The van der Waals surface area contributed by atoms with Gasteiger partial charge in [0.15, 0.2) is 0 Å². The Morgan fingerprint density at radius 3 is 2.88 bits per heavy atom. The molecule has 88 valence electrons. The molecular weight excluding hydrogens is 208 g/mol. The molecule has 1 rings (SSSR count). The van der Waals surface area contributed by atoms with Gasteiger partial charge in [0.1, 0.15) is 5.56 Å². The maximum Gasteiger partial charge on any atom is 0.263 e. The highest BCUT2D eigenvalue weighted by Gasteiger charge is 2.14. The van der Waals surface area contributed by atoms with E-state index in [-0.39, 0.29) is 23.8 Å². The van der Waals surface area contributed by atoms with E-state index < -0.39 is 5.91 Å². The lowest BCUT2D eigenvalue weighted by Crippen LogP contribution is -2.40. The fourth-order valence-electron chi connectivity index (χ4n) is 1.31. The quantitative estimate of drug-likeness (QED) is 0.749. The summed E-state index contributed by atoms with van der Waals surface area (Å²) in [6, 6.07) is 2.80. The minimum absolute atomic E-state index is 0.0944. The maximum atomic E-state index is 11.7. The number of aromatic nitrogens is 1. The van der Waals surface area contributed by atoms with Gasteiger partial charge >= 0.3 is 0 Å². The van der Waals surface area contributed by atoms with E-state index in [1.165, 1.54) is 10.6 Å². The number of aryl methyl sites for hydroxylation is 1. The Balaban J connectivity index is 2.89. The molecule has 5 heteroatoms. The van der Waals surface area contributed by atoms with E-state index in [0.29, 0.717) is 6.42 Å². The normalized spacial score (nSPS) is 12.2. The molecule has 0 aromatic carbocycles. The van der Waals surface area contributed by atoms with Gasteiger partial charge in [-0.1, -0.05) is 6.92 Å². The average Bonchev–Trinajstić information content (AvgIpc) is 2.29. The van der Waals surface area contributed by atoms with Crippen LogP contribution in [0, 0.1) is 0 Å². The summed E-state index contributed by atoms with van der Waals surface area (Å²) < 4.78 is 1.34. The van der Waals surface area contributed by atoms with Crippen LogP contribution in [0.1, 0.15) is 23.7 Å². The van der Waals surface area contributed by atoms with E-state index in [9.17, 15) is 9.59 Å². The largest absolute Gasteiger partial charge is 0.394 e. The van der Waals surface area contributed by atoms with Gasteiger partial charge in [-0.15, -0.1) is 0 Å². The number of hydrogen-bond donors (Lipinski definition) is 2. The average molecular weight is 224 g/mol. The lowest BCUT2D eigenvalue weighted by Gasteiger charge is -2.13. The summed E-state index contributed by atoms with van der Waals surface area (Å²) in [5, 5.41) is 11.5. The smallest absolute Gasteiger partial charge is 0.263 e. The number of pyridine rings is 1. The molecule has 1 amide bonds. The van der Waals surface area contributed by atoms with Gasteiger partial charge in [0.25, 0.3) is 11.5 Å². The SMILES string of the molecule is CCC(CO)NC(=O)c1cccn(C)c1=O. The van der Waals surface area contributed by atoms with E-state index in [4.69, 9.17) is 5.11 Å². The molecule has 5 nitrogen and oxygen atoms in total. The summed E-state index contributed by atoms with van der Waals surface area (Å²) in [5.41, 5.74) is -0.246. The van der Waals surface area contributed by atoms with Gasteiger partial charge in [-0.05, 0) is 18.6 Å². The fourth-order valence-corrected chi connectivity index (χ4v) is 1.31. The highest BCUT2D eigenvalue weighted by atomic mass is 16.3. The van der Waals surface area contributed by atoms with Gasteiger partial charge in [-0.25, -0.2) is 0 Å². The Bertz CT molecular complexity index is 421. The van der Waals surface area contributed by atoms with Crippen LogP contribution in [0.4, 0.5) is 0 Å². The monoisotopic (exact) mass is 224 g/mol. The van der Waals surface area contributed by atoms with Crippen molar-refractivity contribution in [3.05, 3.63) is 34.2 Å². The van der Waals surface area contributed by atoms with Crippen molar-refractivity contribution in [2.45, 2.75) is 19.4 Å². The summed E-state index contributed by atoms with van der Waals surface area (Å²) in [6.45, 7) is 1.72. The number of aliphatic hydroxyl groups is 1. The zero-order valence-electron chi connectivity index (χ0n) is 9.43. The van der Waals surface area contributed by atoms with Crippen molar-refractivity contribution in [3.8, 4) is 0 Å². The van der Waals surface area contributed by atoms with Crippen LogP contribution in [0.3, 0.4) is 0 Å². The summed E-state index contributed by atoms with van der Waals surface area (Å²) in [4.78, 5) is 23.3. The summed E-state index contributed by atoms with van der Waals surface area (Å²) in [7, 11) is 1.59. The van der Waals surface area contributed by atoms with Crippen molar-refractivity contribution in [1.82, 2.24) is 9.88 Å². The molecule has 0 fully saturated rings. The first kappa shape index (κ1) is 12.4. The molecule has 0 spiro atoms. The predicted molar refractivity (Wildman–Crippen MR) is 60.3 cm³/mol. The third-order valence-corrected chi connectivity index (χ3v) is 2.42. The van der Waals surface area contributed by atoms with E-state index in [0.717, 1.165) is 0 Å². The van der Waals surface area contributed by atoms with Crippen molar-refractivity contribution in [2.24, 2.45) is 7.05 Å². The third-order valence-electron chi connectivity index (χ3n) is 2.42. The molecule has 0 saturated heterocycles. The van der Waals surface area contributed by atoms with Gasteiger partial charge in [0, 0.05) is 13.2 Å². The van der Waals surface area contributed by atoms with E-state index in [2.05, 4.69) is 5.32 Å². The number of hydrogen-bond acceptors (Lipinski definition) is 3. The first-order valence-corrected chi connectivity index (χ1v) is 5.17. The molecule has 0 aliphatic carbocycles. The maximum absolute atomic E-state index is 11.7. The molecular formula is C11H16N2O3. The van der Waals surface area contributed by atoms with Crippen LogP contribution >= 0.6 is 0 Å². The van der Waals surface area contributed by atoms with Crippen molar-refractivity contribution >= 4 is 5.91 Å². The molecule has 1 aromatic rings. The Morgan fingerprint density at radius 1 is 1.62 bits per heavy atom. The molecule has 2 N–H and O–H groups in total. The Hall–Kier alpha value is -1.62. The number of nitrogens with zero attached hydrogens (tertiary/aromatic N) is 1. The zero-order chi connectivity index (χ0) is 12.1. The minimum atomic E-state index is -0.442. The molecule has 0 bridgehead atoms. The molecule has 0 aliphatic rings. The number of nitrogens with one attached hydrogen (secondary N) is 1.